The number of amides is 4. The molecule has 88 heavy (non-hydrogen) atoms. The first kappa shape index (κ1) is 74.9. The average molecular weight is 1310 g/mol. The molecule has 0 aromatic heterocycles. The molecule has 0 aromatic carbocycles. The second-order valence-corrected chi connectivity index (χ2v) is 22.5. The minimum absolute atomic E-state index is 0.860. The fourth-order valence-electron chi connectivity index (χ4n) is 10.4. The molecule has 0 bridgehead atoms. The van der Waals surface area contributed by atoms with E-state index in [2.05, 4.69) is 25.5 Å². The number of carboxylic acid groups (broad SMARTS) is 1. The Morgan fingerprint density at radius 1 is 0.602 bits per heavy atom. The van der Waals surface area contributed by atoms with E-state index in [0.717, 1.165) is 27.7 Å². The van der Waals surface area contributed by atoms with Crippen molar-refractivity contribution >= 4 is 40.0 Å². The Morgan fingerprint density at radius 2 is 1.16 bits per heavy atom. The highest BCUT2D eigenvalue weighted by atomic mass is 32.3. The van der Waals surface area contributed by atoms with Crippen molar-refractivity contribution in [3.8, 4) is 0 Å². The van der Waals surface area contributed by atoms with Crippen molar-refractivity contribution in [3.05, 3.63) is 0 Å². The summed E-state index contributed by atoms with van der Waals surface area (Å²) in [6.45, 7) is -2.16. The van der Waals surface area contributed by atoms with Crippen molar-refractivity contribution in [3.63, 3.8) is 0 Å². The molecule has 22 N–H and O–H groups in total. The van der Waals surface area contributed by atoms with Crippen molar-refractivity contribution < 1.29 is 175 Å². The maximum Gasteiger partial charge on any atom is 0.397 e. The number of aliphatic hydroxyl groups excluding tert-OH is 16. The van der Waals surface area contributed by atoms with Gasteiger partial charge in [0.15, 0.2) is 25.2 Å². The van der Waals surface area contributed by atoms with Crippen LogP contribution in [0.1, 0.15) is 41.0 Å². The lowest BCUT2D eigenvalue weighted by molar-refractivity contribution is -0.391. The molecule has 0 aromatic rings. The van der Waals surface area contributed by atoms with Crippen molar-refractivity contribution in [2.24, 2.45) is 0 Å². The van der Waals surface area contributed by atoms with E-state index in [9.17, 15) is 124 Å². The van der Waals surface area contributed by atoms with Crippen LogP contribution in [0.4, 0.5) is 0 Å². The summed E-state index contributed by atoms with van der Waals surface area (Å²) in [7, 11) is -5.22. The van der Waals surface area contributed by atoms with E-state index < -0.39 is 269 Å². The van der Waals surface area contributed by atoms with E-state index in [-0.39, 0.29) is 0 Å². The maximum absolute atomic E-state index is 13.2. The van der Waals surface area contributed by atoms with Crippen LogP contribution in [0, 0.1) is 0 Å². The van der Waals surface area contributed by atoms with Gasteiger partial charge in [0.05, 0.1) is 63.9 Å². The molecule has 30 atom stereocenters. The molecule has 0 radical (unpaired) electrons. The molecule has 0 spiro atoms. The van der Waals surface area contributed by atoms with Crippen LogP contribution in [-0.2, 0) is 85.9 Å². The van der Waals surface area contributed by atoms with E-state index >= 15 is 0 Å². The molecule has 5 rings (SSSR count). The van der Waals surface area contributed by atoms with Crippen LogP contribution >= 0.6 is 0 Å². The second kappa shape index (κ2) is 32.2. The van der Waals surface area contributed by atoms with E-state index in [1.54, 1.807) is 0 Å². The van der Waals surface area contributed by atoms with Crippen molar-refractivity contribution in [2.45, 2.75) is 224 Å². The van der Waals surface area contributed by atoms with Crippen LogP contribution in [0.25, 0.3) is 0 Å². The quantitative estimate of drug-likeness (QED) is 0.0324. The first-order valence-electron chi connectivity index (χ1n) is 27.1. The average Bonchev–Trinajstić information content (AvgIpc) is 1.51. The lowest BCUT2D eigenvalue weighted by Crippen LogP contribution is -2.71. The predicted octanol–water partition coefficient (Wildman–Crippen LogP) is -13.8. The number of carboxylic acids is 1. The van der Waals surface area contributed by atoms with Crippen LogP contribution in [0.2, 0.25) is 0 Å². The first-order chi connectivity index (χ1) is 41.0. The molecule has 5 aliphatic heterocycles. The van der Waals surface area contributed by atoms with Gasteiger partial charge in [0.1, 0.15) is 128 Å². The summed E-state index contributed by atoms with van der Waals surface area (Å²) in [5, 5.41) is 195. The Labute approximate surface area is 499 Å². The molecule has 5 fully saturated rings. The molecule has 40 nitrogen and oxygen atoms in total. The number of ether oxygens (including phenoxy) is 10. The van der Waals surface area contributed by atoms with Crippen LogP contribution in [0.5, 0.6) is 0 Å². The van der Waals surface area contributed by atoms with Gasteiger partial charge in [0.25, 0.3) is 5.79 Å². The number of aliphatic hydroxyl groups is 16. The zero-order valence-corrected chi connectivity index (χ0v) is 48.3. The lowest BCUT2D eigenvalue weighted by Gasteiger charge is -2.51. The fraction of sp³-hybridized carbons (Fsp3) is 0.894. The van der Waals surface area contributed by atoms with Crippen molar-refractivity contribution in [1.82, 2.24) is 21.3 Å². The minimum Gasteiger partial charge on any atom is -0.477 e. The number of rotatable bonds is 28. The van der Waals surface area contributed by atoms with Crippen LogP contribution in [0.3, 0.4) is 0 Å². The Balaban J connectivity index is 1.53. The molecule has 5 saturated heterocycles. The van der Waals surface area contributed by atoms with E-state index in [1.165, 1.54) is 6.92 Å². The van der Waals surface area contributed by atoms with Gasteiger partial charge in [-0.25, -0.2) is 8.98 Å². The third kappa shape index (κ3) is 18.3. The zero-order chi connectivity index (χ0) is 66.2. The summed E-state index contributed by atoms with van der Waals surface area (Å²) in [6, 6.07) is -7.28. The van der Waals surface area contributed by atoms with E-state index in [0.29, 0.717) is 0 Å². The number of aliphatic carboxylic acids is 1. The second-order valence-electron chi connectivity index (χ2n) is 21.4. The smallest absolute Gasteiger partial charge is 0.397 e. The lowest BCUT2D eigenvalue weighted by atomic mass is 9.88. The summed E-state index contributed by atoms with van der Waals surface area (Å²) in [4.78, 5) is 63.2. The molecule has 41 heteroatoms. The van der Waals surface area contributed by atoms with Gasteiger partial charge >= 0.3 is 16.4 Å². The van der Waals surface area contributed by atoms with Gasteiger partial charge in [-0.05, 0) is 6.92 Å². The van der Waals surface area contributed by atoms with Gasteiger partial charge in [0.2, 0.25) is 23.6 Å². The van der Waals surface area contributed by atoms with Gasteiger partial charge < -0.3 is 155 Å². The highest BCUT2D eigenvalue weighted by Gasteiger charge is 2.61. The van der Waals surface area contributed by atoms with Crippen LogP contribution < -0.4 is 21.3 Å². The highest BCUT2D eigenvalue weighted by Crippen LogP contribution is 2.40. The monoisotopic (exact) mass is 1310 g/mol. The topological polar surface area (TPSA) is 633 Å². The molecule has 4 amide bonds. The third-order valence-electron chi connectivity index (χ3n) is 14.8. The Hall–Kier alpha value is -3.82. The molecule has 0 aliphatic carbocycles. The maximum atomic E-state index is 13.2. The Kier molecular flexibility index (Phi) is 27.4. The fourth-order valence-corrected chi connectivity index (χ4v) is 10.7. The van der Waals surface area contributed by atoms with Gasteiger partial charge in [0, 0.05) is 34.1 Å². The van der Waals surface area contributed by atoms with Crippen LogP contribution in [-0.4, -0.2) is 352 Å². The number of hydrogen-bond acceptors (Lipinski definition) is 34. The normalized spacial score (nSPS) is 40.2. The van der Waals surface area contributed by atoms with E-state index in [1.807, 2.05) is 0 Å². The molecule has 0 saturated carbocycles. The summed E-state index contributed by atoms with van der Waals surface area (Å²) >= 11 is 0. The molecule has 5 heterocycles. The minimum atomic E-state index is -5.22. The summed E-state index contributed by atoms with van der Waals surface area (Å²) in [6.07, 6.45) is -54.2. The zero-order valence-electron chi connectivity index (χ0n) is 47.5. The molecular formula is C47H80N4O36S. The first-order valence-corrected chi connectivity index (χ1v) is 28.5. The number of hydrogen-bond donors (Lipinski definition) is 22. The number of nitrogens with one attached hydrogen (secondary N) is 4. The van der Waals surface area contributed by atoms with E-state index in [4.69, 9.17) is 47.4 Å². The van der Waals surface area contributed by atoms with Crippen molar-refractivity contribution in [1.29, 1.82) is 0 Å². The van der Waals surface area contributed by atoms with Gasteiger partial charge in [-0.3, -0.25) is 23.7 Å². The molecular weight excluding hydrogens is 1230 g/mol. The number of carbonyl (C=O) groups excluding carboxylic acids is 4. The molecule has 510 valence electrons. The summed E-state index contributed by atoms with van der Waals surface area (Å²) in [5.41, 5.74) is 0. The summed E-state index contributed by atoms with van der Waals surface area (Å²) < 4.78 is 94.7. The SMILES string of the molecule is CC(=O)N[C@H]1[C@H](O[C@@H]([C@@H](O)[C@H](O)CO[C@@H]2O[C@H](CO)[C@@H](O[C@@H]3O[C@H](CO)[C@H](O)[C@H](O[C@]4(C(=O)O)C[C@H](O)[C@@H](NC(C)=O)[C@H]([C@H](O)[C@H](O)CO)O4)[C@H]3O)[C@H](O[C@@H]3O[C@@H](C)[C@@H](O)[C@@H](O)[C@@H]3O)[C@H]2NC(C)=O)[C@H](CO)NC(C)=O)O[C@H](COS(=O)(=O)O)[C@@H](O)[C@@H]1O. The Morgan fingerprint density at radius 3 is 1.70 bits per heavy atom. The molecule has 5 aliphatic rings. The standard InChI is InChI=1S/C47H80N4O36S/c1-13-28(63)34(69)35(70)44(79-13)85-40-27(51-17(5)59)42(77-11-21(62)30(65)37(18(7-52)48-14(2)56)83-43-26(50-16(4)58)33(68)31(66)24(82-43)12-78-88(74,75)76)81-23(10-55)38(40)84-45-36(71)41(32(67)22(9-54)80-45)87-47(46(72)73)6-19(60)25(49-15(3)57)39(86-47)29(64)20(61)8-53/h13,18-45,52-55,60-71H,6-12H2,1-5H3,(H,48,56)(H,49,57)(H,50,58)(H,51,59)(H,72,73)(H,74,75,76)/t13-,18-,19-,20+,21+,22+,23+,24+,25+,26+,27+,28+,29+,30-,31+,32-,33+,34+,35-,36+,37+,38+,39+,40+,41-,42+,43-,44-,45-,47-/m0/s1. The van der Waals surface area contributed by atoms with Gasteiger partial charge in [-0.15, -0.1) is 0 Å². The van der Waals surface area contributed by atoms with Gasteiger partial charge in [-0.1, -0.05) is 0 Å². The summed E-state index contributed by atoms with van der Waals surface area (Å²) in [5.74, 6) is -9.05. The predicted molar refractivity (Wildman–Crippen MR) is 274 cm³/mol. The Bertz CT molecular complexity index is 2410. The molecule has 0 unspecified atom stereocenters. The highest BCUT2D eigenvalue weighted by molar-refractivity contribution is 7.80. The number of carbonyl (C=O) groups is 5. The van der Waals surface area contributed by atoms with Crippen LogP contribution in [0.15, 0.2) is 0 Å². The third-order valence-corrected chi connectivity index (χ3v) is 15.2. The largest absolute Gasteiger partial charge is 0.477 e. The van der Waals surface area contributed by atoms with Crippen molar-refractivity contribution in [2.75, 3.05) is 39.6 Å². The van der Waals surface area contributed by atoms with Gasteiger partial charge in [-0.2, -0.15) is 8.42 Å².